The largest absolute Gasteiger partial charge is 0.494 e. The smallest absolute Gasteiger partial charge is 0.191 e. The zero-order chi connectivity index (χ0) is 18.2. The molecule has 1 aromatic rings. The molecule has 0 radical (unpaired) electrons. The molecule has 0 atom stereocenters. The van der Waals surface area contributed by atoms with Gasteiger partial charge in [0.2, 0.25) is 0 Å². The van der Waals surface area contributed by atoms with Gasteiger partial charge in [0.25, 0.3) is 0 Å². The van der Waals surface area contributed by atoms with Crippen LogP contribution in [0.1, 0.15) is 40.0 Å². The van der Waals surface area contributed by atoms with Crippen LogP contribution in [0.5, 0.6) is 5.75 Å². The predicted octanol–water partition coefficient (Wildman–Crippen LogP) is 3.75. The van der Waals surface area contributed by atoms with E-state index in [0.29, 0.717) is 6.61 Å². The summed E-state index contributed by atoms with van der Waals surface area (Å²) in [4.78, 5) is 7.08. The molecule has 0 aliphatic heterocycles. The summed E-state index contributed by atoms with van der Waals surface area (Å²) in [6.07, 6.45) is 3.30. The molecule has 5 nitrogen and oxygen atoms in total. The lowest BCUT2D eigenvalue weighted by Gasteiger charge is -2.18. The maximum absolute atomic E-state index is 5.69. The van der Waals surface area contributed by atoms with Crippen LogP contribution in [0.25, 0.3) is 0 Å². The average Bonchev–Trinajstić information content (AvgIpc) is 2.65. The molecule has 0 bridgehead atoms. The molecule has 0 fully saturated rings. The summed E-state index contributed by atoms with van der Waals surface area (Å²) in [6, 6.07) is 9.93. The summed E-state index contributed by atoms with van der Waals surface area (Å²) < 4.78 is 5.69. The Kier molecular flexibility index (Phi) is 16.7. The first-order valence-electron chi connectivity index (χ1n) is 9.72. The molecule has 0 aliphatic rings. The lowest BCUT2D eigenvalue weighted by Crippen LogP contribution is -2.38. The van der Waals surface area contributed by atoms with E-state index in [4.69, 9.17) is 4.74 Å². The van der Waals surface area contributed by atoms with Crippen LogP contribution in [0.4, 0.5) is 0 Å². The maximum Gasteiger partial charge on any atom is 0.191 e. The van der Waals surface area contributed by atoms with Crippen LogP contribution >= 0.6 is 24.0 Å². The monoisotopic (exact) mass is 476 g/mol. The van der Waals surface area contributed by atoms with Crippen molar-refractivity contribution in [2.45, 2.75) is 40.0 Å². The van der Waals surface area contributed by atoms with Gasteiger partial charge < -0.3 is 20.3 Å². The molecule has 0 heterocycles. The third-order valence-corrected chi connectivity index (χ3v) is 4.02. The Morgan fingerprint density at radius 1 is 1.00 bits per heavy atom. The predicted molar refractivity (Wildman–Crippen MR) is 123 cm³/mol. The summed E-state index contributed by atoms with van der Waals surface area (Å²) in [7, 11) is 0. The highest BCUT2D eigenvalue weighted by Gasteiger charge is 2.00. The number of rotatable bonds is 13. The summed E-state index contributed by atoms with van der Waals surface area (Å²) >= 11 is 0. The fourth-order valence-electron chi connectivity index (χ4n) is 2.51. The lowest BCUT2D eigenvalue weighted by molar-refractivity contribution is 0.297. The van der Waals surface area contributed by atoms with Crippen molar-refractivity contribution >= 4 is 29.9 Å². The number of nitrogens with zero attached hydrogens (tertiary/aromatic N) is 2. The van der Waals surface area contributed by atoms with Crippen LogP contribution in [0.15, 0.2) is 35.3 Å². The molecule has 0 saturated heterocycles. The molecule has 0 unspecified atom stereocenters. The third-order valence-electron chi connectivity index (χ3n) is 4.02. The normalized spacial score (nSPS) is 11.2. The molecular weight excluding hydrogens is 439 g/mol. The van der Waals surface area contributed by atoms with Gasteiger partial charge in [-0.25, -0.2) is 0 Å². The lowest BCUT2D eigenvalue weighted by atomic mass is 10.3. The molecule has 0 aliphatic carbocycles. The minimum atomic E-state index is 0. The Morgan fingerprint density at radius 2 is 1.73 bits per heavy atom. The topological polar surface area (TPSA) is 48.9 Å². The SMILES string of the molecule is CCNC(=NCCCOc1ccccc1)NCCCCN(CC)CC.I. The Hall–Kier alpha value is -1.02. The van der Waals surface area contributed by atoms with Crippen molar-refractivity contribution in [3.05, 3.63) is 30.3 Å². The van der Waals surface area contributed by atoms with Gasteiger partial charge in [-0.3, -0.25) is 4.99 Å². The van der Waals surface area contributed by atoms with Gasteiger partial charge in [-0.2, -0.15) is 0 Å². The molecule has 0 spiro atoms. The van der Waals surface area contributed by atoms with Crippen molar-refractivity contribution in [3.8, 4) is 5.75 Å². The van der Waals surface area contributed by atoms with Gasteiger partial charge in [-0.05, 0) is 51.5 Å². The minimum absolute atomic E-state index is 0. The summed E-state index contributed by atoms with van der Waals surface area (Å²) in [5, 5.41) is 6.72. The minimum Gasteiger partial charge on any atom is -0.494 e. The van der Waals surface area contributed by atoms with Crippen molar-refractivity contribution in [2.24, 2.45) is 4.99 Å². The van der Waals surface area contributed by atoms with Crippen LogP contribution < -0.4 is 15.4 Å². The van der Waals surface area contributed by atoms with Gasteiger partial charge in [0, 0.05) is 26.1 Å². The van der Waals surface area contributed by atoms with E-state index in [1.807, 2.05) is 30.3 Å². The van der Waals surface area contributed by atoms with E-state index in [0.717, 1.165) is 57.3 Å². The average molecular weight is 476 g/mol. The number of ether oxygens (including phenoxy) is 1. The number of aliphatic imine (C=N–C) groups is 1. The van der Waals surface area contributed by atoms with Crippen LogP contribution in [-0.2, 0) is 0 Å². The molecule has 6 heteroatoms. The third kappa shape index (κ3) is 12.4. The summed E-state index contributed by atoms with van der Waals surface area (Å²) in [5.41, 5.74) is 0. The van der Waals surface area contributed by atoms with Crippen LogP contribution in [0.3, 0.4) is 0 Å². The van der Waals surface area contributed by atoms with E-state index in [1.165, 1.54) is 13.0 Å². The highest BCUT2D eigenvalue weighted by atomic mass is 127. The zero-order valence-electron chi connectivity index (χ0n) is 16.7. The number of unbranched alkanes of at least 4 members (excludes halogenated alkanes) is 1. The molecule has 1 rings (SSSR count). The van der Waals surface area contributed by atoms with Gasteiger partial charge in [-0.1, -0.05) is 32.0 Å². The highest BCUT2D eigenvalue weighted by molar-refractivity contribution is 14.0. The first-order valence-corrected chi connectivity index (χ1v) is 9.72. The quantitative estimate of drug-likeness (QED) is 0.197. The molecule has 2 N–H and O–H groups in total. The van der Waals surface area contributed by atoms with E-state index < -0.39 is 0 Å². The molecular formula is C20H37IN4O. The molecule has 1 aromatic carbocycles. The van der Waals surface area contributed by atoms with Crippen LogP contribution in [-0.4, -0.2) is 56.7 Å². The van der Waals surface area contributed by atoms with E-state index in [9.17, 15) is 0 Å². The first-order chi connectivity index (χ1) is 12.3. The van der Waals surface area contributed by atoms with Gasteiger partial charge in [0.1, 0.15) is 5.75 Å². The Bertz CT molecular complexity index is 452. The zero-order valence-corrected chi connectivity index (χ0v) is 19.0. The number of benzene rings is 1. The number of guanidine groups is 1. The molecule has 26 heavy (non-hydrogen) atoms. The second-order valence-electron chi connectivity index (χ2n) is 5.94. The number of hydrogen-bond acceptors (Lipinski definition) is 3. The number of nitrogens with one attached hydrogen (secondary N) is 2. The van der Waals surface area contributed by atoms with Crippen LogP contribution in [0.2, 0.25) is 0 Å². The molecule has 0 aromatic heterocycles. The van der Waals surface area contributed by atoms with Crippen molar-refractivity contribution in [1.82, 2.24) is 15.5 Å². The molecule has 150 valence electrons. The Labute approximate surface area is 177 Å². The number of para-hydroxylation sites is 1. The second kappa shape index (κ2) is 17.4. The van der Waals surface area contributed by atoms with Gasteiger partial charge in [0.05, 0.1) is 6.61 Å². The maximum atomic E-state index is 5.69. The Morgan fingerprint density at radius 3 is 2.38 bits per heavy atom. The second-order valence-corrected chi connectivity index (χ2v) is 5.94. The van der Waals surface area contributed by atoms with Crippen molar-refractivity contribution in [3.63, 3.8) is 0 Å². The van der Waals surface area contributed by atoms with E-state index >= 15 is 0 Å². The number of hydrogen-bond donors (Lipinski definition) is 2. The van der Waals surface area contributed by atoms with Gasteiger partial charge >= 0.3 is 0 Å². The van der Waals surface area contributed by atoms with Crippen LogP contribution in [0, 0.1) is 0 Å². The standard InChI is InChI=1S/C20H36N4O.HI/c1-4-21-20(22-15-10-11-17-24(5-2)6-3)23-16-12-18-25-19-13-8-7-9-14-19;/h7-9,13-14H,4-6,10-12,15-18H2,1-3H3,(H2,21,22,23);1H. The highest BCUT2D eigenvalue weighted by Crippen LogP contribution is 2.08. The molecule has 0 saturated carbocycles. The van der Waals surface area contributed by atoms with Gasteiger partial charge in [-0.15, -0.1) is 24.0 Å². The van der Waals surface area contributed by atoms with E-state index in [-0.39, 0.29) is 24.0 Å². The fraction of sp³-hybridized carbons (Fsp3) is 0.650. The van der Waals surface area contributed by atoms with E-state index in [2.05, 4.69) is 41.3 Å². The summed E-state index contributed by atoms with van der Waals surface area (Å²) in [6.45, 7) is 13.3. The van der Waals surface area contributed by atoms with Crippen molar-refractivity contribution in [1.29, 1.82) is 0 Å². The van der Waals surface area contributed by atoms with Crippen molar-refractivity contribution < 1.29 is 4.74 Å². The van der Waals surface area contributed by atoms with Crippen molar-refractivity contribution in [2.75, 3.05) is 45.9 Å². The number of halogens is 1. The van der Waals surface area contributed by atoms with Gasteiger partial charge in [0.15, 0.2) is 5.96 Å². The summed E-state index contributed by atoms with van der Waals surface area (Å²) in [5.74, 6) is 1.83. The van der Waals surface area contributed by atoms with E-state index in [1.54, 1.807) is 0 Å². The Balaban J connectivity index is 0.00000625. The first kappa shape index (κ1) is 25.0. The molecule has 0 amide bonds. The fourth-order valence-corrected chi connectivity index (χ4v) is 2.51.